The Balaban J connectivity index is 1.27. The van der Waals surface area contributed by atoms with Gasteiger partial charge in [0, 0.05) is 48.7 Å². The van der Waals surface area contributed by atoms with E-state index in [4.69, 9.17) is 30.5 Å². The van der Waals surface area contributed by atoms with Gasteiger partial charge in [0.15, 0.2) is 6.29 Å². The van der Waals surface area contributed by atoms with Crippen LogP contribution < -0.4 is 14.4 Å². The Morgan fingerprint density at radius 2 is 1.85 bits per heavy atom. The topological polar surface area (TPSA) is 107 Å². The molecule has 3 heterocycles. The van der Waals surface area contributed by atoms with Crippen LogP contribution in [0.4, 0.5) is 5.69 Å². The standard InChI is InChI=1S/C40H56ClN3O7S/c1-26-7-5-9-33(39-49-22-31(23-50-39)43(2)3)32-13-10-29(32)21-44-24-40(17-6-8-27-19-30(41)12-14-34(27)40)25-51-36-15-11-28(20-35(36)44)38(45)42-52(46,47)37(26)16-18-48-4/h11-12,14-15,19-20,26,29,31-33,37,39H,5-10,13,16-18,21-25H2,1-4H3,(H,42,45)/t26-,29-,31-,32+,33-,37+,39+,40-/m0/s1. The molecule has 2 aliphatic carbocycles. The molecule has 6 atom stereocenters. The molecule has 3 aliphatic heterocycles. The third-order valence-corrected chi connectivity index (χ3v) is 15.0. The van der Waals surface area contributed by atoms with E-state index in [1.54, 1.807) is 13.2 Å². The fourth-order valence-electron chi connectivity index (χ4n) is 9.63. The smallest absolute Gasteiger partial charge is 0.264 e. The van der Waals surface area contributed by atoms with Crippen LogP contribution in [0.1, 0.15) is 79.8 Å². The van der Waals surface area contributed by atoms with Crippen molar-refractivity contribution in [1.82, 2.24) is 9.62 Å². The molecule has 0 aromatic heterocycles. The van der Waals surface area contributed by atoms with Crippen LogP contribution in [0.2, 0.25) is 5.02 Å². The predicted octanol–water partition coefficient (Wildman–Crippen LogP) is 6.04. The van der Waals surface area contributed by atoms with Gasteiger partial charge < -0.3 is 28.7 Å². The van der Waals surface area contributed by atoms with E-state index in [0.29, 0.717) is 55.8 Å². The van der Waals surface area contributed by atoms with Gasteiger partial charge in [-0.05, 0) is 125 Å². The molecule has 7 rings (SSSR count). The second-order valence-corrected chi connectivity index (χ2v) is 18.6. The summed E-state index contributed by atoms with van der Waals surface area (Å²) in [6.07, 6.45) is 7.64. The Kier molecular flexibility index (Phi) is 11.5. The maximum absolute atomic E-state index is 13.9. The molecule has 10 nitrogen and oxygen atoms in total. The lowest BCUT2D eigenvalue weighted by Gasteiger charge is -2.49. The third-order valence-electron chi connectivity index (χ3n) is 12.8. The second kappa shape index (κ2) is 15.7. The number of amides is 1. The molecule has 0 radical (unpaired) electrons. The molecule has 2 aromatic carbocycles. The van der Waals surface area contributed by atoms with Crippen LogP contribution in [0.15, 0.2) is 36.4 Å². The first-order valence-electron chi connectivity index (χ1n) is 19.2. The van der Waals surface area contributed by atoms with Gasteiger partial charge in [0.25, 0.3) is 5.91 Å². The molecule has 0 unspecified atom stereocenters. The zero-order valence-electron chi connectivity index (χ0n) is 31.2. The number of hydrogen-bond donors (Lipinski definition) is 1. The van der Waals surface area contributed by atoms with Gasteiger partial charge in [0.1, 0.15) is 5.75 Å². The Morgan fingerprint density at radius 3 is 2.58 bits per heavy atom. The number of rotatable bonds is 5. The number of likely N-dealkylation sites (N-methyl/N-ethyl adjacent to an activating group) is 1. The Labute approximate surface area is 314 Å². The maximum Gasteiger partial charge on any atom is 0.264 e. The van der Waals surface area contributed by atoms with Crippen molar-refractivity contribution >= 4 is 33.2 Å². The Bertz CT molecular complexity index is 1700. The molecule has 12 heteroatoms. The number of fused-ring (bicyclic) bond motifs is 4. The van der Waals surface area contributed by atoms with Crippen molar-refractivity contribution in [3.63, 3.8) is 0 Å². The highest BCUT2D eigenvalue weighted by atomic mass is 35.5. The lowest BCUT2D eigenvalue weighted by atomic mass is 9.64. The van der Waals surface area contributed by atoms with Gasteiger partial charge in [-0.2, -0.15) is 0 Å². The molecule has 1 saturated carbocycles. The number of hydrogen-bond acceptors (Lipinski definition) is 9. The Morgan fingerprint density at radius 1 is 1.04 bits per heavy atom. The first-order valence-corrected chi connectivity index (χ1v) is 21.2. The lowest BCUT2D eigenvalue weighted by molar-refractivity contribution is -0.240. The first-order chi connectivity index (χ1) is 25.0. The van der Waals surface area contributed by atoms with E-state index in [0.717, 1.165) is 68.7 Å². The Hall–Kier alpha value is -2.41. The molecule has 5 aliphatic rings. The molecule has 1 N–H and O–H groups in total. The highest BCUT2D eigenvalue weighted by Crippen LogP contribution is 2.49. The molecule has 1 spiro atoms. The average molecular weight is 758 g/mol. The number of carbonyl (C=O) groups excluding carboxylic acids is 1. The molecule has 286 valence electrons. The molecular weight excluding hydrogens is 702 g/mol. The summed E-state index contributed by atoms with van der Waals surface area (Å²) in [5.41, 5.74) is 3.43. The SMILES string of the molecule is COCC[C@@H]1[C@@H](C)CCC[C@H]([C@H]2OC[C@@H](N(C)C)CO2)[C@@H]2CC[C@H]2CN2C[C@@]3(CCCc4cc(Cl)ccc43)COc3ccc(cc32)C(=O)NS1(=O)=O. The normalized spacial score (nSPS) is 33.6. The summed E-state index contributed by atoms with van der Waals surface area (Å²) in [7, 11) is 1.68. The van der Waals surface area contributed by atoms with Gasteiger partial charge in [-0.3, -0.25) is 4.79 Å². The number of carbonyl (C=O) groups is 1. The van der Waals surface area contributed by atoms with E-state index in [1.165, 1.54) is 11.1 Å². The number of sulfonamides is 1. The number of methoxy groups -OCH3 is 1. The third kappa shape index (κ3) is 7.73. The van der Waals surface area contributed by atoms with E-state index in [1.807, 2.05) is 25.1 Å². The molecule has 52 heavy (non-hydrogen) atoms. The molecule has 1 amide bonds. The first kappa shape index (κ1) is 37.9. The summed E-state index contributed by atoms with van der Waals surface area (Å²) in [5, 5.41) is -0.0295. The summed E-state index contributed by atoms with van der Waals surface area (Å²) in [6, 6.07) is 11.9. The number of aryl methyl sites for hydroxylation is 1. The molecule has 2 aromatic rings. The van der Waals surface area contributed by atoms with E-state index >= 15 is 0 Å². The van der Waals surface area contributed by atoms with Gasteiger partial charge in [-0.15, -0.1) is 0 Å². The molecule has 1 saturated heterocycles. The lowest BCUT2D eigenvalue weighted by Crippen LogP contribution is -2.52. The number of ether oxygens (including phenoxy) is 4. The van der Waals surface area contributed by atoms with Crippen molar-refractivity contribution in [3.05, 3.63) is 58.1 Å². The monoisotopic (exact) mass is 757 g/mol. The fourth-order valence-corrected chi connectivity index (χ4v) is 11.5. The number of nitrogens with one attached hydrogen (secondary N) is 1. The molecule has 2 bridgehead atoms. The van der Waals surface area contributed by atoms with Crippen LogP contribution in [0.5, 0.6) is 5.75 Å². The van der Waals surface area contributed by atoms with Gasteiger partial charge in [0.2, 0.25) is 10.0 Å². The molecular formula is C40H56ClN3O7S. The minimum Gasteiger partial charge on any atom is -0.490 e. The number of benzene rings is 2. The van der Waals surface area contributed by atoms with E-state index in [-0.39, 0.29) is 36.2 Å². The van der Waals surface area contributed by atoms with Crippen molar-refractivity contribution in [2.75, 3.05) is 65.6 Å². The van der Waals surface area contributed by atoms with Gasteiger partial charge >= 0.3 is 0 Å². The quantitative estimate of drug-likeness (QED) is 0.391. The van der Waals surface area contributed by atoms with Crippen LogP contribution in [0, 0.1) is 23.7 Å². The van der Waals surface area contributed by atoms with Crippen molar-refractivity contribution in [3.8, 4) is 5.75 Å². The average Bonchev–Trinajstić information content (AvgIpc) is 3.25. The zero-order valence-corrected chi connectivity index (χ0v) is 32.7. The fraction of sp³-hybridized carbons (Fsp3) is 0.675. The summed E-state index contributed by atoms with van der Waals surface area (Å²) in [5.74, 6) is 0.896. The number of halogens is 1. The summed E-state index contributed by atoms with van der Waals surface area (Å²) in [6.45, 7) is 5.56. The number of anilines is 1. The highest BCUT2D eigenvalue weighted by molar-refractivity contribution is 7.90. The van der Waals surface area contributed by atoms with Crippen LogP contribution in [-0.4, -0.2) is 97.5 Å². The van der Waals surface area contributed by atoms with Crippen LogP contribution in [0.25, 0.3) is 0 Å². The maximum atomic E-state index is 13.9. The summed E-state index contributed by atoms with van der Waals surface area (Å²) < 4.78 is 55.4. The predicted molar refractivity (Wildman–Crippen MR) is 203 cm³/mol. The zero-order chi connectivity index (χ0) is 36.6. The van der Waals surface area contributed by atoms with Gasteiger partial charge in [-0.1, -0.05) is 31.0 Å². The van der Waals surface area contributed by atoms with Crippen molar-refractivity contribution in [2.45, 2.75) is 87.7 Å². The minimum atomic E-state index is -4.02. The minimum absolute atomic E-state index is 0.183. The number of nitrogens with zero attached hydrogens (tertiary/aromatic N) is 2. The van der Waals surface area contributed by atoms with E-state index in [9.17, 15) is 13.2 Å². The highest BCUT2D eigenvalue weighted by Gasteiger charge is 2.47. The second-order valence-electron chi connectivity index (χ2n) is 16.3. The van der Waals surface area contributed by atoms with E-state index in [2.05, 4.69) is 40.7 Å². The van der Waals surface area contributed by atoms with Gasteiger partial charge in [0.05, 0.1) is 36.8 Å². The van der Waals surface area contributed by atoms with Gasteiger partial charge in [-0.25, -0.2) is 13.1 Å². The summed E-state index contributed by atoms with van der Waals surface area (Å²) in [4.78, 5) is 18.4. The van der Waals surface area contributed by atoms with E-state index < -0.39 is 21.2 Å². The summed E-state index contributed by atoms with van der Waals surface area (Å²) >= 11 is 6.49. The van der Waals surface area contributed by atoms with Crippen molar-refractivity contribution in [1.29, 1.82) is 0 Å². The van der Waals surface area contributed by atoms with Crippen molar-refractivity contribution in [2.24, 2.45) is 23.7 Å². The van der Waals surface area contributed by atoms with Crippen molar-refractivity contribution < 1.29 is 32.2 Å². The van der Waals surface area contributed by atoms with Crippen LogP contribution in [0.3, 0.4) is 0 Å². The largest absolute Gasteiger partial charge is 0.490 e. The molecule has 2 fully saturated rings. The van der Waals surface area contributed by atoms with Crippen LogP contribution >= 0.6 is 11.6 Å². The van der Waals surface area contributed by atoms with Crippen LogP contribution in [-0.2, 0) is 36.1 Å².